The highest BCUT2D eigenvalue weighted by atomic mass is 16.5. The van der Waals surface area contributed by atoms with Crippen molar-refractivity contribution in [2.75, 3.05) is 7.05 Å². The van der Waals surface area contributed by atoms with Crippen LogP contribution in [0.1, 0.15) is 77.0 Å². The van der Waals surface area contributed by atoms with Gasteiger partial charge in [-0.3, -0.25) is 0 Å². The number of hydrogen-bond acceptors (Lipinski definition) is 2. The molecule has 2 heteroatoms. The molecule has 1 spiro atoms. The summed E-state index contributed by atoms with van der Waals surface area (Å²) in [5.74, 6) is 0. The zero-order chi connectivity index (χ0) is 13.1. The van der Waals surface area contributed by atoms with Crippen LogP contribution in [0.2, 0.25) is 0 Å². The Morgan fingerprint density at radius 3 is 2.16 bits per heavy atom. The lowest BCUT2D eigenvalue weighted by molar-refractivity contribution is -0.173. The van der Waals surface area contributed by atoms with Crippen molar-refractivity contribution in [1.29, 1.82) is 0 Å². The van der Waals surface area contributed by atoms with E-state index < -0.39 is 0 Å². The summed E-state index contributed by atoms with van der Waals surface area (Å²) < 4.78 is 6.57. The van der Waals surface area contributed by atoms with Gasteiger partial charge in [0.25, 0.3) is 0 Å². The highest BCUT2D eigenvalue weighted by molar-refractivity contribution is 5.08. The molecule has 3 aliphatic rings. The Balaban J connectivity index is 1.63. The van der Waals surface area contributed by atoms with Crippen molar-refractivity contribution < 1.29 is 4.74 Å². The minimum absolute atomic E-state index is 0.489. The van der Waals surface area contributed by atoms with Crippen molar-refractivity contribution in [3.05, 3.63) is 0 Å². The number of rotatable bonds is 3. The van der Waals surface area contributed by atoms with E-state index in [0.717, 1.165) is 6.04 Å². The van der Waals surface area contributed by atoms with Gasteiger partial charge in [0, 0.05) is 11.5 Å². The fraction of sp³-hybridized carbons (Fsp3) is 1.00. The molecular formula is C17H31NO. The fourth-order valence-corrected chi connectivity index (χ4v) is 4.83. The molecule has 0 aromatic carbocycles. The third kappa shape index (κ3) is 2.71. The smallest absolute Gasteiger partial charge is 0.0665 e. The monoisotopic (exact) mass is 265 g/mol. The van der Waals surface area contributed by atoms with Crippen molar-refractivity contribution in [2.45, 2.75) is 95.3 Å². The van der Waals surface area contributed by atoms with Crippen molar-refractivity contribution in [2.24, 2.45) is 5.41 Å². The maximum atomic E-state index is 6.57. The Kier molecular flexibility index (Phi) is 4.48. The molecule has 0 saturated heterocycles. The van der Waals surface area contributed by atoms with Crippen molar-refractivity contribution in [3.63, 3.8) is 0 Å². The van der Waals surface area contributed by atoms with E-state index in [-0.39, 0.29) is 0 Å². The first-order valence-corrected chi connectivity index (χ1v) is 8.68. The maximum Gasteiger partial charge on any atom is 0.0665 e. The molecule has 0 radical (unpaired) electrons. The quantitative estimate of drug-likeness (QED) is 0.831. The van der Waals surface area contributed by atoms with E-state index in [2.05, 4.69) is 12.4 Å². The topological polar surface area (TPSA) is 21.3 Å². The van der Waals surface area contributed by atoms with Crippen molar-refractivity contribution in [1.82, 2.24) is 5.32 Å². The summed E-state index contributed by atoms with van der Waals surface area (Å²) in [6.07, 6.45) is 17.7. The van der Waals surface area contributed by atoms with Crippen molar-refractivity contribution >= 4 is 0 Å². The molecule has 2 nitrogen and oxygen atoms in total. The van der Waals surface area contributed by atoms with Gasteiger partial charge in [0.2, 0.25) is 0 Å². The highest BCUT2D eigenvalue weighted by Gasteiger charge is 2.55. The molecule has 0 aromatic heterocycles. The molecule has 0 heterocycles. The number of hydrogen-bond donors (Lipinski definition) is 1. The second-order valence-corrected chi connectivity index (χ2v) is 7.11. The van der Waals surface area contributed by atoms with Gasteiger partial charge >= 0.3 is 0 Å². The SMILES string of the molecule is CNC1CC(OC2CCCCC2)C12CCCCCC2. The van der Waals surface area contributed by atoms with Gasteiger partial charge in [0.15, 0.2) is 0 Å². The molecule has 19 heavy (non-hydrogen) atoms. The molecule has 3 aliphatic carbocycles. The summed E-state index contributed by atoms with van der Waals surface area (Å²) in [6, 6.07) is 0.721. The molecule has 1 N–H and O–H groups in total. The molecule has 3 saturated carbocycles. The van der Waals surface area contributed by atoms with E-state index in [1.54, 1.807) is 0 Å². The summed E-state index contributed by atoms with van der Waals surface area (Å²) in [4.78, 5) is 0. The van der Waals surface area contributed by atoms with E-state index in [1.807, 2.05) is 0 Å². The largest absolute Gasteiger partial charge is 0.374 e. The summed E-state index contributed by atoms with van der Waals surface area (Å²) in [6.45, 7) is 0. The second-order valence-electron chi connectivity index (χ2n) is 7.11. The molecule has 2 atom stereocenters. The Hall–Kier alpha value is -0.0800. The zero-order valence-corrected chi connectivity index (χ0v) is 12.6. The molecule has 0 aromatic rings. The van der Waals surface area contributed by atoms with Crippen molar-refractivity contribution in [3.8, 4) is 0 Å². The maximum absolute atomic E-state index is 6.57. The van der Waals surface area contributed by atoms with Crippen LogP contribution in [0.5, 0.6) is 0 Å². The normalized spacial score (nSPS) is 35.8. The lowest BCUT2D eigenvalue weighted by Gasteiger charge is -2.57. The average Bonchev–Trinajstić information content (AvgIpc) is 2.72. The first-order chi connectivity index (χ1) is 9.35. The van der Waals surface area contributed by atoms with Gasteiger partial charge < -0.3 is 10.1 Å². The molecule has 0 aliphatic heterocycles. The molecule has 3 rings (SSSR count). The first-order valence-electron chi connectivity index (χ1n) is 8.68. The third-order valence-corrected chi connectivity index (χ3v) is 6.08. The summed E-state index contributed by atoms with van der Waals surface area (Å²) in [7, 11) is 2.15. The molecule has 0 amide bonds. The van der Waals surface area contributed by atoms with E-state index in [0.29, 0.717) is 17.6 Å². The highest BCUT2D eigenvalue weighted by Crippen LogP contribution is 2.53. The lowest BCUT2D eigenvalue weighted by Crippen LogP contribution is -2.63. The molecule has 0 bridgehead atoms. The minimum atomic E-state index is 0.489. The predicted octanol–water partition coefficient (Wildman–Crippen LogP) is 4.04. The summed E-state index contributed by atoms with van der Waals surface area (Å²) >= 11 is 0. The molecule has 2 unspecified atom stereocenters. The number of ether oxygens (including phenoxy) is 1. The molecule has 110 valence electrons. The summed E-state index contributed by atoms with van der Waals surface area (Å²) in [5, 5.41) is 3.58. The van der Waals surface area contributed by atoms with Gasteiger partial charge in [0.1, 0.15) is 0 Å². The summed E-state index contributed by atoms with van der Waals surface area (Å²) in [5.41, 5.74) is 0.489. The van der Waals surface area contributed by atoms with E-state index in [1.165, 1.54) is 77.0 Å². The molecular weight excluding hydrogens is 234 g/mol. The van der Waals surface area contributed by atoms with Crippen LogP contribution in [-0.2, 0) is 4.74 Å². The Morgan fingerprint density at radius 2 is 1.53 bits per heavy atom. The molecule has 3 fully saturated rings. The van der Waals surface area contributed by atoms with Gasteiger partial charge in [-0.1, -0.05) is 44.9 Å². The first kappa shape index (κ1) is 13.9. The van der Waals surface area contributed by atoms with Crippen LogP contribution < -0.4 is 5.32 Å². The second kappa shape index (κ2) is 6.13. The Labute approximate surface area is 118 Å². The van der Waals surface area contributed by atoms with Gasteiger partial charge in [-0.15, -0.1) is 0 Å². The van der Waals surface area contributed by atoms with Crippen LogP contribution in [0, 0.1) is 5.41 Å². The minimum Gasteiger partial charge on any atom is -0.374 e. The van der Waals surface area contributed by atoms with Gasteiger partial charge in [0.05, 0.1) is 12.2 Å². The number of nitrogens with one attached hydrogen (secondary N) is 1. The zero-order valence-electron chi connectivity index (χ0n) is 12.6. The standard InChI is InChI=1S/C17H31NO/c1-18-15-13-16(19-14-9-5-4-6-10-14)17(15)11-7-2-3-8-12-17/h14-16,18H,2-13H2,1H3. The average molecular weight is 265 g/mol. The fourth-order valence-electron chi connectivity index (χ4n) is 4.83. The van der Waals surface area contributed by atoms with Gasteiger partial charge in [-0.25, -0.2) is 0 Å². The van der Waals surface area contributed by atoms with E-state index in [9.17, 15) is 0 Å². The van der Waals surface area contributed by atoms with Crippen LogP contribution in [0.15, 0.2) is 0 Å². The lowest BCUT2D eigenvalue weighted by atomic mass is 9.57. The predicted molar refractivity (Wildman–Crippen MR) is 79.3 cm³/mol. The van der Waals surface area contributed by atoms with Crippen LogP contribution >= 0.6 is 0 Å². The van der Waals surface area contributed by atoms with Crippen LogP contribution in [0.3, 0.4) is 0 Å². The third-order valence-electron chi connectivity index (χ3n) is 6.08. The Bertz CT molecular complexity index is 277. The van der Waals surface area contributed by atoms with E-state index in [4.69, 9.17) is 4.74 Å². The Morgan fingerprint density at radius 1 is 0.895 bits per heavy atom. The van der Waals surface area contributed by atoms with Crippen LogP contribution in [-0.4, -0.2) is 25.3 Å². The van der Waals surface area contributed by atoms with Gasteiger partial charge in [-0.2, -0.15) is 0 Å². The van der Waals surface area contributed by atoms with E-state index >= 15 is 0 Å². The van der Waals surface area contributed by atoms with Crippen LogP contribution in [0.25, 0.3) is 0 Å². The van der Waals surface area contributed by atoms with Gasteiger partial charge in [-0.05, 0) is 39.2 Å². The van der Waals surface area contributed by atoms with Crippen LogP contribution in [0.4, 0.5) is 0 Å².